The average Bonchev–Trinajstić information content (AvgIpc) is 2.90. The maximum absolute atomic E-state index is 12.1. The summed E-state index contributed by atoms with van der Waals surface area (Å²) < 4.78 is 5.00. The molecule has 0 fully saturated rings. The molecule has 0 saturated heterocycles. The number of carbonyl (C=O) groups is 1. The van der Waals surface area contributed by atoms with Gasteiger partial charge in [-0.1, -0.05) is 16.9 Å². The van der Waals surface area contributed by atoms with Crippen LogP contribution in [0.5, 0.6) is 0 Å². The van der Waals surface area contributed by atoms with E-state index in [-0.39, 0.29) is 5.91 Å². The van der Waals surface area contributed by atoms with Crippen LogP contribution < -0.4 is 5.32 Å². The number of thioether (sulfide) groups is 1. The number of nitriles is 1. The fourth-order valence-corrected chi connectivity index (χ4v) is 2.49. The lowest BCUT2D eigenvalue weighted by molar-refractivity contribution is 0.0944. The fraction of sp³-hybridized carbons (Fsp3) is 0.286. The molecule has 6 nitrogen and oxygen atoms in total. The van der Waals surface area contributed by atoms with Crippen LogP contribution in [0, 0.1) is 18.3 Å². The molecule has 0 aromatic carbocycles. The zero-order valence-corrected chi connectivity index (χ0v) is 12.5. The second-order valence-corrected chi connectivity index (χ2v) is 5.36. The lowest BCUT2D eigenvalue weighted by atomic mass is 10.2. The average molecular weight is 302 g/mol. The quantitative estimate of drug-likeness (QED) is 0.852. The van der Waals surface area contributed by atoms with E-state index in [9.17, 15) is 4.79 Å². The molecule has 0 aliphatic carbocycles. The van der Waals surface area contributed by atoms with Gasteiger partial charge in [-0.05, 0) is 26.0 Å². The van der Waals surface area contributed by atoms with Crippen LogP contribution >= 0.6 is 11.8 Å². The number of amides is 1. The van der Waals surface area contributed by atoms with Crippen LogP contribution in [0.3, 0.4) is 0 Å². The summed E-state index contributed by atoms with van der Waals surface area (Å²) in [5, 5.41) is 15.8. The van der Waals surface area contributed by atoms with Crippen molar-refractivity contribution in [3.63, 3.8) is 0 Å². The molecule has 108 valence electrons. The highest BCUT2D eigenvalue weighted by molar-refractivity contribution is 7.98. The van der Waals surface area contributed by atoms with Gasteiger partial charge in [-0.25, -0.2) is 4.98 Å². The number of rotatable bonds is 5. The maximum Gasteiger partial charge on any atom is 0.255 e. The van der Waals surface area contributed by atoms with Gasteiger partial charge >= 0.3 is 0 Å². The van der Waals surface area contributed by atoms with Gasteiger partial charge in [0.2, 0.25) is 0 Å². The SMILES string of the molecule is Cc1cc(CSc2ncccc2C(=O)N[C@@H](C)C#N)no1. The Morgan fingerprint density at radius 2 is 2.43 bits per heavy atom. The van der Waals surface area contributed by atoms with Crippen molar-refractivity contribution >= 4 is 17.7 Å². The van der Waals surface area contributed by atoms with E-state index in [1.165, 1.54) is 11.8 Å². The summed E-state index contributed by atoms with van der Waals surface area (Å²) in [6.45, 7) is 3.45. The van der Waals surface area contributed by atoms with Gasteiger partial charge in [0, 0.05) is 18.0 Å². The van der Waals surface area contributed by atoms with Crippen LogP contribution in [0.4, 0.5) is 0 Å². The van der Waals surface area contributed by atoms with Crippen molar-refractivity contribution in [2.75, 3.05) is 0 Å². The Bertz CT molecular complexity index is 678. The second kappa shape index (κ2) is 6.90. The van der Waals surface area contributed by atoms with E-state index in [0.717, 1.165) is 11.5 Å². The van der Waals surface area contributed by atoms with Gasteiger partial charge in [0.15, 0.2) is 0 Å². The zero-order valence-electron chi connectivity index (χ0n) is 11.7. The summed E-state index contributed by atoms with van der Waals surface area (Å²) in [6, 6.07) is 6.63. The van der Waals surface area contributed by atoms with Crippen LogP contribution in [0.2, 0.25) is 0 Å². The first kappa shape index (κ1) is 15.1. The summed E-state index contributed by atoms with van der Waals surface area (Å²) in [5.41, 5.74) is 1.24. The highest BCUT2D eigenvalue weighted by Crippen LogP contribution is 2.24. The molecule has 2 rings (SSSR count). The van der Waals surface area contributed by atoms with Gasteiger partial charge in [0.1, 0.15) is 16.8 Å². The predicted octanol–water partition coefficient (Wildman–Crippen LogP) is 2.31. The number of nitrogens with one attached hydrogen (secondary N) is 1. The first-order valence-corrected chi connectivity index (χ1v) is 7.29. The smallest absolute Gasteiger partial charge is 0.255 e. The molecule has 0 spiro atoms. The largest absolute Gasteiger partial charge is 0.361 e. The molecular formula is C14H14N4O2S. The maximum atomic E-state index is 12.1. The van der Waals surface area contributed by atoms with Gasteiger partial charge in [-0.2, -0.15) is 5.26 Å². The van der Waals surface area contributed by atoms with Crippen molar-refractivity contribution in [1.82, 2.24) is 15.5 Å². The van der Waals surface area contributed by atoms with Gasteiger partial charge in [-0.3, -0.25) is 4.79 Å². The third kappa shape index (κ3) is 4.07. The Kier molecular flexibility index (Phi) is 4.95. The molecule has 2 aromatic heterocycles. The first-order valence-electron chi connectivity index (χ1n) is 6.30. The summed E-state index contributed by atoms with van der Waals surface area (Å²) in [6.07, 6.45) is 1.63. The molecule has 2 heterocycles. The van der Waals surface area contributed by atoms with Crippen LogP contribution in [-0.4, -0.2) is 22.1 Å². The Labute approximate surface area is 126 Å². The van der Waals surface area contributed by atoms with Crippen LogP contribution in [-0.2, 0) is 5.75 Å². The second-order valence-electron chi connectivity index (χ2n) is 4.40. The zero-order chi connectivity index (χ0) is 15.2. The standard InChI is InChI=1S/C14H14N4O2S/c1-9(7-15)17-13(19)12-4-3-5-16-14(12)21-8-11-6-10(2)20-18-11/h3-6,9H,8H2,1-2H3,(H,17,19)/t9-/m0/s1. The van der Waals surface area contributed by atoms with Crippen molar-refractivity contribution in [3.05, 3.63) is 41.4 Å². The van der Waals surface area contributed by atoms with Crippen molar-refractivity contribution < 1.29 is 9.32 Å². The molecule has 0 radical (unpaired) electrons. The fourth-order valence-electron chi connectivity index (χ4n) is 1.61. The number of nitrogens with zero attached hydrogens (tertiary/aromatic N) is 3. The first-order chi connectivity index (χ1) is 10.1. The Morgan fingerprint density at radius 1 is 1.62 bits per heavy atom. The van der Waals surface area contributed by atoms with Gasteiger partial charge in [0.25, 0.3) is 5.91 Å². The third-order valence-electron chi connectivity index (χ3n) is 2.59. The molecule has 2 aromatic rings. The molecule has 21 heavy (non-hydrogen) atoms. The van der Waals surface area contributed by atoms with E-state index in [2.05, 4.69) is 15.5 Å². The van der Waals surface area contributed by atoms with Crippen molar-refractivity contribution in [3.8, 4) is 6.07 Å². The van der Waals surface area contributed by atoms with Crippen LogP contribution in [0.25, 0.3) is 0 Å². The summed E-state index contributed by atoms with van der Waals surface area (Å²) >= 11 is 1.40. The highest BCUT2D eigenvalue weighted by Gasteiger charge is 2.15. The highest BCUT2D eigenvalue weighted by atomic mass is 32.2. The lowest BCUT2D eigenvalue weighted by Crippen LogP contribution is -2.31. The number of hydrogen-bond acceptors (Lipinski definition) is 6. The number of aromatic nitrogens is 2. The summed E-state index contributed by atoms with van der Waals surface area (Å²) in [5.74, 6) is 0.992. The molecule has 0 aliphatic rings. The number of pyridine rings is 1. The van der Waals surface area contributed by atoms with Crippen LogP contribution in [0.1, 0.15) is 28.7 Å². The Balaban J connectivity index is 2.09. The minimum absolute atomic E-state index is 0.309. The van der Waals surface area contributed by atoms with Crippen molar-refractivity contribution in [2.24, 2.45) is 0 Å². The molecule has 0 aliphatic heterocycles. The molecule has 1 amide bonds. The van der Waals surface area contributed by atoms with E-state index in [1.807, 2.05) is 19.1 Å². The summed E-state index contributed by atoms with van der Waals surface area (Å²) in [7, 11) is 0. The number of hydrogen-bond donors (Lipinski definition) is 1. The minimum atomic E-state index is -0.547. The molecular weight excluding hydrogens is 288 g/mol. The molecule has 0 saturated carbocycles. The normalized spacial score (nSPS) is 11.7. The van der Waals surface area contributed by atoms with Gasteiger partial charge < -0.3 is 9.84 Å². The van der Waals surface area contributed by atoms with E-state index < -0.39 is 6.04 Å². The Hall–Kier alpha value is -2.33. The molecule has 7 heteroatoms. The minimum Gasteiger partial charge on any atom is -0.361 e. The van der Waals surface area contributed by atoms with Gasteiger partial charge in [-0.15, -0.1) is 0 Å². The molecule has 0 unspecified atom stereocenters. The molecule has 1 N–H and O–H groups in total. The van der Waals surface area contributed by atoms with E-state index in [1.54, 1.807) is 25.3 Å². The molecule has 1 atom stereocenters. The molecule has 0 bridgehead atoms. The van der Waals surface area contributed by atoms with E-state index in [4.69, 9.17) is 9.78 Å². The lowest BCUT2D eigenvalue weighted by Gasteiger charge is -2.09. The van der Waals surface area contributed by atoms with E-state index >= 15 is 0 Å². The monoisotopic (exact) mass is 302 g/mol. The van der Waals surface area contributed by atoms with E-state index in [0.29, 0.717) is 16.3 Å². The van der Waals surface area contributed by atoms with Gasteiger partial charge in [0.05, 0.1) is 17.3 Å². The number of aryl methyl sites for hydroxylation is 1. The number of carbonyl (C=O) groups excluding carboxylic acids is 1. The van der Waals surface area contributed by atoms with Crippen molar-refractivity contribution in [1.29, 1.82) is 5.26 Å². The predicted molar refractivity (Wildman–Crippen MR) is 77.6 cm³/mol. The topological polar surface area (TPSA) is 91.8 Å². The van der Waals surface area contributed by atoms with Crippen molar-refractivity contribution in [2.45, 2.75) is 30.7 Å². The Morgan fingerprint density at radius 3 is 3.10 bits per heavy atom. The third-order valence-corrected chi connectivity index (χ3v) is 3.63. The summed E-state index contributed by atoms with van der Waals surface area (Å²) in [4.78, 5) is 16.3. The van der Waals surface area contributed by atoms with Crippen LogP contribution in [0.15, 0.2) is 33.9 Å².